The Kier molecular flexibility index (Phi) is 5.26. The first kappa shape index (κ1) is 13.5. The number of nitrogens with one attached hydrogen (secondary N) is 1. The Hall–Kier alpha value is -0.570. The van der Waals surface area contributed by atoms with Crippen molar-refractivity contribution in [2.24, 2.45) is 11.8 Å². The summed E-state index contributed by atoms with van der Waals surface area (Å²) in [6, 6.07) is 0.289. The normalized spacial score (nSPS) is 27.8. The maximum absolute atomic E-state index is 11.4. The molecule has 0 heterocycles. The molecular weight excluding hydrogens is 202 g/mol. The van der Waals surface area contributed by atoms with Gasteiger partial charge >= 0.3 is 5.97 Å². The summed E-state index contributed by atoms with van der Waals surface area (Å²) in [5.41, 5.74) is 0. The lowest BCUT2D eigenvalue weighted by Crippen LogP contribution is -2.48. The molecule has 1 rings (SSSR count). The van der Waals surface area contributed by atoms with E-state index in [9.17, 15) is 4.79 Å². The quantitative estimate of drug-likeness (QED) is 0.749. The first-order valence-corrected chi connectivity index (χ1v) is 6.40. The van der Waals surface area contributed by atoms with Crippen molar-refractivity contribution in [2.45, 2.75) is 58.5 Å². The predicted octanol–water partition coefficient (Wildman–Crippen LogP) is 2.35. The van der Waals surface area contributed by atoms with Crippen molar-refractivity contribution in [3.05, 3.63) is 0 Å². The molecule has 0 saturated heterocycles. The fraction of sp³-hybridized carbons (Fsp3) is 0.923. The zero-order valence-corrected chi connectivity index (χ0v) is 11.0. The maximum Gasteiger partial charge on any atom is 0.322 e. The molecule has 1 aliphatic rings. The van der Waals surface area contributed by atoms with Gasteiger partial charge in [0.15, 0.2) is 0 Å². The molecule has 1 saturated carbocycles. The van der Waals surface area contributed by atoms with Crippen molar-refractivity contribution >= 4 is 5.97 Å². The van der Waals surface area contributed by atoms with Crippen molar-refractivity contribution in [1.29, 1.82) is 0 Å². The van der Waals surface area contributed by atoms with Gasteiger partial charge in [-0.05, 0) is 31.6 Å². The van der Waals surface area contributed by atoms with E-state index in [1.165, 1.54) is 32.8 Å². The highest BCUT2D eigenvalue weighted by molar-refractivity contribution is 5.75. The Morgan fingerprint density at radius 2 is 1.88 bits per heavy atom. The number of hydrogen-bond acceptors (Lipinski definition) is 3. The van der Waals surface area contributed by atoms with Crippen LogP contribution in [0.1, 0.15) is 46.5 Å². The Morgan fingerprint density at radius 3 is 2.44 bits per heavy atom. The van der Waals surface area contributed by atoms with Gasteiger partial charge in [-0.1, -0.05) is 26.7 Å². The number of carbonyl (C=O) groups excluding carboxylic acids is 1. The third-order valence-electron chi connectivity index (χ3n) is 3.69. The summed E-state index contributed by atoms with van der Waals surface area (Å²) in [5.74, 6) is 1.22. The molecule has 3 heteroatoms. The predicted molar refractivity (Wildman–Crippen MR) is 65.2 cm³/mol. The van der Waals surface area contributed by atoms with Crippen LogP contribution in [0.3, 0.4) is 0 Å². The average Bonchev–Trinajstić information content (AvgIpc) is 2.28. The summed E-state index contributed by atoms with van der Waals surface area (Å²) in [5, 5.41) is 3.43. The third-order valence-corrected chi connectivity index (χ3v) is 3.69. The summed E-state index contributed by atoms with van der Waals surface area (Å²) in [7, 11) is 1.45. The van der Waals surface area contributed by atoms with Crippen molar-refractivity contribution in [2.75, 3.05) is 7.11 Å². The molecule has 3 atom stereocenters. The van der Waals surface area contributed by atoms with Crippen molar-refractivity contribution < 1.29 is 9.53 Å². The molecule has 2 unspecified atom stereocenters. The van der Waals surface area contributed by atoms with Crippen LogP contribution in [0.5, 0.6) is 0 Å². The molecule has 0 radical (unpaired) electrons. The van der Waals surface area contributed by atoms with Gasteiger partial charge in [0.1, 0.15) is 6.04 Å². The topological polar surface area (TPSA) is 38.3 Å². The van der Waals surface area contributed by atoms with Crippen LogP contribution in [0.25, 0.3) is 0 Å². The molecule has 0 aromatic carbocycles. The summed E-state index contributed by atoms with van der Waals surface area (Å²) in [6.07, 6.45) is 5.07. The summed E-state index contributed by atoms with van der Waals surface area (Å²) < 4.78 is 4.75. The van der Waals surface area contributed by atoms with Crippen molar-refractivity contribution in [1.82, 2.24) is 5.32 Å². The molecule has 0 aromatic rings. The SMILES string of the molecule is COC(=O)[C@H](C)NC1CCCCC1C(C)C. The van der Waals surface area contributed by atoms with Crippen LogP contribution in [0.2, 0.25) is 0 Å². The molecule has 0 aliphatic heterocycles. The fourth-order valence-corrected chi connectivity index (χ4v) is 2.73. The smallest absolute Gasteiger partial charge is 0.322 e. The van der Waals surface area contributed by atoms with Gasteiger partial charge in [0.2, 0.25) is 0 Å². The highest BCUT2D eigenvalue weighted by Crippen LogP contribution is 2.30. The Balaban J connectivity index is 2.52. The second-order valence-corrected chi connectivity index (χ2v) is 5.21. The van der Waals surface area contributed by atoms with E-state index in [4.69, 9.17) is 4.74 Å². The Labute approximate surface area is 98.9 Å². The first-order valence-electron chi connectivity index (χ1n) is 6.40. The lowest BCUT2D eigenvalue weighted by molar-refractivity contribution is -0.143. The number of carbonyl (C=O) groups is 1. The highest BCUT2D eigenvalue weighted by Gasteiger charge is 2.29. The molecule has 1 fully saturated rings. The van der Waals surface area contributed by atoms with Crippen LogP contribution < -0.4 is 5.32 Å². The summed E-state index contributed by atoms with van der Waals surface area (Å²) in [6.45, 7) is 6.43. The number of esters is 1. The minimum atomic E-state index is -0.186. The van der Waals surface area contributed by atoms with Crippen LogP contribution in [-0.4, -0.2) is 25.2 Å². The van der Waals surface area contributed by atoms with Gasteiger partial charge in [0, 0.05) is 6.04 Å². The van der Waals surface area contributed by atoms with E-state index in [2.05, 4.69) is 19.2 Å². The van der Waals surface area contributed by atoms with E-state index in [0.29, 0.717) is 17.9 Å². The zero-order valence-electron chi connectivity index (χ0n) is 11.0. The largest absolute Gasteiger partial charge is 0.468 e. The van der Waals surface area contributed by atoms with Gasteiger partial charge in [0.25, 0.3) is 0 Å². The fourth-order valence-electron chi connectivity index (χ4n) is 2.73. The van der Waals surface area contributed by atoms with Crippen LogP contribution in [0, 0.1) is 11.8 Å². The van der Waals surface area contributed by atoms with Gasteiger partial charge in [-0.3, -0.25) is 4.79 Å². The highest BCUT2D eigenvalue weighted by atomic mass is 16.5. The Morgan fingerprint density at radius 1 is 1.25 bits per heavy atom. The average molecular weight is 227 g/mol. The number of hydrogen-bond donors (Lipinski definition) is 1. The van der Waals surface area contributed by atoms with Crippen molar-refractivity contribution in [3.63, 3.8) is 0 Å². The van der Waals surface area contributed by atoms with Gasteiger partial charge in [-0.15, -0.1) is 0 Å². The van der Waals surface area contributed by atoms with E-state index < -0.39 is 0 Å². The standard InChI is InChI=1S/C13H25NO2/c1-9(2)11-7-5-6-8-12(11)14-10(3)13(15)16-4/h9-12,14H,5-8H2,1-4H3/t10-,11?,12?/m0/s1. The molecule has 0 amide bonds. The van der Waals surface area contributed by atoms with Crippen LogP contribution >= 0.6 is 0 Å². The molecule has 1 aliphatic carbocycles. The summed E-state index contributed by atoms with van der Waals surface area (Å²) >= 11 is 0. The molecular formula is C13H25NO2. The third kappa shape index (κ3) is 3.48. The lowest BCUT2D eigenvalue weighted by atomic mass is 9.77. The maximum atomic E-state index is 11.4. The van der Waals surface area contributed by atoms with Crippen molar-refractivity contribution in [3.8, 4) is 0 Å². The molecule has 0 aromatic heterocycles. The lowest BCUT2D eigenvalue weighted by Gasteiger charge is -2.36. The zero-order chi connectivity index (χ0) is 12.1. The number of rotatable bonds is 4. The molecule has 16 heavy (non-hydrogen) atoms. The monoisotopic (exact) mass is 227 g/mol. The molecule has 0 spiro atoms. The van der Waals surface area contributed by atoms with E-state index in [1.807, 2.05) is 6.92 Å². The second kappa shape index (κ2) is 6.24. The van der Waals surface area contributed by atoms with Crippen LogP contribution in [0.4, 0.5) is 0 Å². The van der Waals surface area contributed by atoms with E-state index in [0.717, 1.165) is 0 Å². The minimum absolute atomic E-state index is 0.159. The molecule has 3 nitrogen and oxygen atoms in total. The van der Waals surface area contributed by atoms with Crippen LogP contribution in [0.15, 0.2) is 0 Å². The molecule has 0 bridgehead atoms. The Bertz CT molecular complexity index is 228. The second-order valence-electron chi connectivity index (χ2n) is 5.21. The molecule has 1 N–H and O–H groups in total. The minimum Gasteiger partial charge on any atom is -0.468 e. The first-order chi connectivity index (χ1) is 7.56. The summed E-state index contributed by atoms with van der Waals surface area (Å²) in [4.78, 5) is 11.4. The van der Waals surface area contributed by atoms with Gasteiger partial charge in [-0.25, -0.2) is 0 Å². The van der Waals surface area contributed by atoms with Gasteiger partial charge in [0.05, 0.1) is 7.11 Å². The molecule has 94 valence electrons. The number of methoxy groups -OCH3 is 1. The van der Waals surface area contributed by atoms with E-state index in [1.54, 1.807) is 0 Å². The number of ether oxygens (including phenoxy) is 1. The van der Waals surface area contributed by atoms with E-state index >= 15 is 0 Å². The van der Waals surface area contributed by atoms with Gasteiger partial charge < -0.3 is 10.1 Å². The van der Waals surface area contributed by atoms with Crippen LogP contribution in [-0.2, 0) is 9.53 Å². The van der Waals surface area contributed by atoms with E-state index in [-0.39, 0.29) is 12.0 Å². The van der Waals surface area contributed by atoms with Gasteiger partial charge in [-0.2, -0.15) is 0 Å².